The highest BCUT2D eigenvalue weighted by molar-refractivity contribution is 7.89. The third kappa shape index (κ3) is 2.98. The SMILES string of the molecule is CC1CC(N)CN(c2ccc(S(N)(=O)=O)cn2)C1. The summed E-state index contributed by atoms with van der Waals surface area (Å²) in [6.45, 7) is 3.77. The first-order chi connectivity index (χ1) is 8.36. The van der Waals surface area contributed by atoms with E-state index in [4.69, 9.17) is 10.9 Å². The maximum Gasteiger partial charge on any atom is 0.239 e. The second kappa shape index (κ2) is 4.83. The molecular formula is C11H18N4O2S. The fourth-order valence-corrected chi connectivity index (χ4v) is 2.77. The Hall–Kier alpha value is -1.18. The summed E-state index contributed by atoms with van der Waals surface area (Å²) in [5.41, 5.74) is 5.97. The van der Waals surface area contributed by atoms with Crippen LogP contribution < -0.4 is 15.8 Å². The van der Waals surface area contributed by atoms with Gasteiger partial charge in [0.25, 0.3) is 0 Å². The van der Waals surface area contributed by atoms with Crippen LogP contribution in [0.15, 0.2) is 23.2 Å². The Morgan fingerprint density at radius 2 is 2.11 bits per heavy atom. The second-order valence-electron chi connectivity index (χ2n) is 4.90. The minimum absolute atomic E-state index is 0.0283. The van der Waals surface area contributed by atoms with Crippen LogP contribution in [0.3, 0.4) is 0 Å². The minimum atomic E-state index is -3.68. The number of primary sulfonamides is 1. The highest BCUT2D eigenvalue weighted by atomic mass is 32.2. The van der Waals surface area contributed by atoms with Gasteiger partial charge in [-0.25, -0.2) is 18.5 Å². The Kier molecular flexibility index (Phi) is 3.56. The number of hydrogen-bond acceptors (Lipinski definition) is 5. The van der Waals surface area contributed by atoms with E-state index in [2.05, 4.69) is 16.8 Å². The van der Waals surface area contributed by atoms with Gasteiger partial charge >= 0.3 is 0 Å². The molecule has 1 aromatic rings. The van der Waals surface area contributed by atoms with Gasteiger partial charge in [-0.3, -0.25) is 0 Å². The van der Waals surface area contributed by atoms with E-state index >= 15 is 0 Å². The third-order valence-electron chi connectivity index (χ3n) is 3.07. The molecule has 0 aliphatic carbocycles. The predicted octanol–water partition coefficient (Wildman–Crippen LogP) is -0.0975. The van der Waals surface area contributed by atoms with Crippen molar-refractivity contribution in [1.82, 2.24) is 4.98 Å². The maximum absolute atomic E-state index is 11.1. The minimum Gasteiger partial charge on any atom is -0.355 e. The van der Waals surface area contributed by atoms with Crippen LogP contribution in [0.25, 0.3) is 0 Å². The Morgan fingerprint density at radius 3 is 2.61 bits per heavy atom. The number of sulfonamides is 1. The van der Waals surface area contributed by atoms with Crippen molar-refractivity contribution in [2.45, 2.75) is 24.3 Å². The van der Waals surface area contributed by atoms with Crippen molar-refractivity contribution in [3.05, 3.63) is 18.3 Å². The van der Waals surface area contributed by atoms with Crippen LogP contribution in [-0.4, -0.2) is 32.5 Å². The van der Waals surface area contributed by atoms with Crippen LogP contribution in [0.4, 0.5) is 5.82 Å². The van der Waals surface area contributed by atoms with Gasteiger partial charge in [0.15, 0.2) is 0 Å². The monoisotopic (exact) mass is 270 g/mol. The molecule has 1 aliphatic heterocycles. The van der Waals surface area contributed by atoms with E-state index in [1.54, 1.807) is 6.07 Å². The van der Waals surface area contributed by atoms with E-state index in [9.17, 15) is 8.42 Å². The lowest BCUT2D eigenvalue weighted by Gasteiger charge is -2.35. The summed E-state index contributed by atoms with van der Waals surface area (Å²) in [6.07, 6.45) is 2.29. The number of hydrogen-bond donors (Lipinski definition) is 2. The van der Waals surface area contributed by atoms with Gasteiger partial charge in [-0.1, -0.05) is 6.92 Å². The van der Waals surface area contributed by atoms with E-state index in [1.165, 1.54) is 12.3 Å². The van der Waals surface area contributed by atoms with E-state index in [1.807, 2.05) is 0 Å². The largest absolute Gasteiger partial charge is 0.355 e. The molecule has 1 aromatic heterocycles. The molecule has 18 heavy (non-hydrogen) atoms. The summed E-state index contributed by atoms with van der Waals surface area (Å²) in [5, 5.41) is 5.03. The van der Waals surface area contributed by atoms with Crippen LogP contribution in [0.2, 0.25) is 0 Å². The second-order valence-corrected chi connectivity index (χ2v) is 6.46. The molecule has 1 saturated heterocycles. The number of aromatic nitrogens is 1. The van der Waals surface area contributed by atoms with Gasteiger partial charge in [-0.15, -0.1) is 0 Å². The molecule has 0 aromatic carbocycles. The summed E-state index contributed by atoms with van der Waals surface area (Å²) in [4.78, 5) is 6.25. The summed E-state index contributed by atoms with van der Waals surface area (Å²) < 4.78 is 22.3. The zero-order chi connectivity index (χ0) is 13.3. The number of nitrogens with two attached hydrogens (primary N) is 2. The molecule has 0 amide bonds. The number of pyridine rings is 1. The lowest BCUT2D eigenvalue weighted by atomic mass is 9.97. The molecule has 6 nitrogen and oxygen atoms in total. The van der Waals surface area contributed by atoms with Gasteiger partial charge in [0.1, 0.15) is 10.7 Å². The number of nitrogens with zero attached hydrogens (tertiary/aromatic N) is 2. The van der Waals surface area contributed by atoms with Gasteiger partial charge in [0.05, 0.1) is 0 Å². The lowest BCUT2D eigenvalue weighted by molar-refractivity contribution is 0.400. The molecule has 100 valence electrons. The fraction of sp³-hybridized carbons (Fsp3) is 0.545. The summed E-state index contributed by atoms with van der Waals surface area (Å²) >= 11 is 0. The van der Waals surface area contributed by atoms with E-state index < -0.39 is 10.0 Å². The predicted molar refractivity (Wildman–Crippen MR) is 69.6 cm³/mol. The highest BCUT2D eigenvalue weighted by Crippen LogP contribution is 2.21. The Labute approximate surface area is 107 Å². The van der Waals surface area contributed by atoms with E-state index in [0.717, 1.165) is 25.3 Å². The van der Waals surface area contributed by atoms with Crippen molar-refractivity contribution in [3.8, 4) is 0 Å². The zero-order valence-corrected chi connectivity index (χ0v) is 11.1. The van der Waals surface area contributed by atoms with Crippen molar-refractivity contribution >= 4 is 15.8 Å². The lowest BCUT2D eigenvalue weighted by Crippen LogP contribution is -2.46. The Bertz CT molecular complexity index is 504. The van der Waals surface area contributed by atoms with Gasteiger partial charge in [-0.2, -0.15) is 0 Å². The highest BCUT2D eigenvalue weighted by Gasteiger charge is 2.23. The van der Waals surface area contributed by atoms with Crippen molar-refractivity contribution in [1.29, 1.82) is 0 Å². The smallest absolute Gasteiger partial charge is 0.239 e. The topological polar surface area (TPSA) is 102 Å². The molecule has 1 aliphatic rings. The Balaban J connectivity index is 2.19. The summed E-state index contributed by atoms with van der Waals surface area (Å²) in [6, 6.07) is 3.28. The van der Waals surface area contributed by atoms with Gasteiger partial charge in [0, 0.05) is 25.3 Å². The fourth-order valence-electron chi connectivity index (χ4n) is 2.31. The molecule has 7 heteroatoms. The molecule has 0 spiro atoms. The standard InChI is InChI=1S/C11H18N4O2S/c1-8-4-9(12)7-15(6-8)11-3-2-10(5-14-11)18(13,16)17/h2-3,5,8-9H,4,6-7,12H2,1H3,(H2,13,16,17). The summed E-state index contributed by atoms with van der Waals surface area (Å²) in [7, 11) is -3.68. The van der Waals surface area contributed by atoms with Crippen LogP contribution in [0.5, 0.6) is 0 Å². The average Bonchev–Trinajstić information content (AvgIpc) is 2.27. The van der Waals surface area contributed by atoms with Crippen molar-refractivity contribution in [2.75, 3.05) is 18.0 Å². The van der Waals surface area contributed by atoms with Crippen LogP contribution >= 0.6 is 0 Å². The molecule has 2 unspecified atom stereocenters. The van der Waals surface area contributed by atoms with Crippen LogP contribution in [0, 0.1) is 5.92 Å². The molecule has 0 bridgehead atoms. The molecular weight excluding hydrogens is 252 g/mol. The molecule has 2 heterocycles. The number of piperidine rings is 1. The first-order valence-electron chi connectivity index (χ1n) is 5.85. The number of rotatable bonds is 2. The quantitative estimate of drug-likeness (QED) is 0.781. The number of anilines is 1. The Morgan fingerprint density at radius 1 is 1.39 bits per heavy atom. The molecule has 2 rings (SSSR count). The van der Waals surface area contributed by atoms with E-state index in [0.29, 0.717) is 5.92 Å². The first kappa shape index (κ1) is 13.3. The van der Waals surface area contributed by atoms with Gasteiger partial charge in [-0.05, 0) is 24.5 Å². The molecule has 0 saturated carbocycles. The van der Waals surface area contributed by atoms with Crippen LogP contribution in [-0.2, 0) is 10.0 Å². The zero-order valence-electron chi connectivity index (χ0n) is 10.3. The van der Waals surface area contributed by atoms with Gasteiger partial charge in [0.2, 0.25) is 10.0 Å². The third-order valence-corrected chi connectivity index (χ3v) is 3.96. The summed E-state index contributed by atoms with van der Waals surface area (Å²) in [5.74, 6) is 1.25. The van der Waals surface area contributed by atoms with Gasteiger partial charge < -0.3 is 10.6 Å². The first-order valence-corrected chi connectivity index (χ1v) is 7.40. The maximum atomic E-state index is 11.1. The average molecular weight is 270 g/mol. The normalized spacial score (nSPS) is 25.2. The van der Waals surface area contributed by atoms with Crippen molar-refractivity contribution in [3.63, 3.8) is 0 Å². The molecule has 2 atom stereocenters. The molecule has 1 fully saturated rings. The molecule has 0 radical (unpaired) electrons. The van der Waals surface area contributed by atoms with Crippen molar-refractivity contribution < 1.29 is 8.42 Å². The van der Waals surface area contributed by atoms with E-state index in [-0.39, 0.29) is 10.9 Å². The van der Waals surface area contributed by atoms with Crippen molar-refractivity contribution in [2.24, 2.45) is 16.8 Å². The van der Waals surface area contributed by atoms with Crippen LogP contribution in [0.1, 0.15) is 13.3 Å². The molecule has 4 N–H and O–H groups in total.